The molecule has 0 saturated carbocycles. The lowest BCUT2D eigenvalue weighted by Crippen LogP contribution is -2.37. The quantitative estimate of drug-likeness (QED) is 0.140. The predicted octanol–water partition coefficient (Wildman–Crippen LogP) is 5.43. The molecule has 0 bridgehead atoms. The van der Waals surface area contributed by atoms with Gasteiger partial charge < -0.3 is 14.2 Å². The van der Waals surface area contributed by atoms with Crippen LogP contribution in [0.5, 0.6) is 5.75 Å². The third-order valence-electron chi connectivity index (χ3n) is 6.05. The first-order chi connectivity index (χ1) is 18.7. The Bertz CT molecular complexity index is 1520. The highest BCUT2D eigenvalue weighted by Gasteiger charge is 2.36. The smallest absolute Gasteiger partial charge is 0.438 e. The van der Waals surface area contributed by atoms with Gasteiger partial charge in [0.1, 0.15) is 11.4 Å². The van der Waals surface area contributed by atoms with Gasteiger partial charge in [0.05, 0.1) is 28.8 Å². The van der Waals surface area contributed by atoms with E-state index in [0.717, 1.165) is 10.9 Å². The molecule has 3 aromatic rings. The van der Waals surface area contributed by atoms with E-state index in [0.29, 0.717) is 21.1 Å². The zero-order chi connectivity index (χ0) is 29.4. The van der Waals surface area contributed by atoms with Crippen LogP contribution in [0.15, 0.2) is 45.7 Å². The Hall–Kier alpha value is -3.35. The molecule has 1 aliphatic rings. The number of fused-ring (bicyclic) bond motifs is 2. The number of carbonyl (C=O) groups is 3. The molecule has 0 fully saturated rings. The number of benzene rings is 2. The molecule has 0 unspecified atom stereocenters. The molecule has 212 valence electrons. The largest absolute Gasteiger partial charge is 0.467 e. The van der Waals surface area contributed by atoms with Gasteiger partial charge >= 0.3 is 6.09 Å². The zero-order valence-corrected chi connectivity index (χ0v) is 26.0. The Morgan fingerprint density at radius 2 is 1.65 bits per heavy atom. The van der Waals surface area contributed by atoms with Crippen LogP contribution in [0.2, 0.25) is 25.7 Å². The van der Waals surface area contributed by atoms with Gasteiger partial charge in [0.15, 0.2) is 6.79 Å². The molecule has 0 saturated heterocycles. The van der Waals surface area contributed by atoms with E-state index < -0.39 is 37.1 Å². The van der Waals surface area contributed by atoms with Crippen LogP contribution in [0.3, 0.4) is 0 Å². The second-order valence-electron chi connectivity index (χ2n) is 11.7. The number of carbonyl (C=O) groups excluding carboxylic acids is 3. The minimum absolute atomic E-state index is 0.0458. The summed E-state index contributed by atoms with van der Waals surface area (Å²) >= 11 is 3.45. The van der Waals surface area contributed by atoms with Crippen molar-refractivity contribution in [1.29, 1.82) is 0 Å². The highest BCUT2D eigenvalue weighted by atomic mass is 79.9. The summed E-state index contributed by atoms with van der Waals surface area (Å²) in [5, 5.41) is 4.64. The average Bonchev–Trinajstić information content (AvgIpc) is 3.08. The number of amides is 2. The SMILES string of the molecule is CC(C)(C)OC(=O)n1nc(CN2C(=O)c3ccccc3C2=O)c2cc(Br)cc(OCOCC[Si](C)(C)C)c2c1=O. The number of hydrogen-bond donors (Lipinski definition) is 0. The van der Waals surface area contributed by atoms with Crippen LogP contribution in [0.1, 0.15) is 47.2 Å². The van der Waals surface area contributed by atoms with Crippen LogP contribution in [-0.2, 0) is 16.0 Å². The maximum absolute atomic E-state index is 13.6. The number of imide groups is 1. The predicted molar refractivity (Wildman–Crippen MR) is 156 cm³/mol. The Labute approximate surface area is 241 Å². The minimum atomic E-state index is -1.31. The molecule has 0 N–H and O–H groups in total. The molecule has 40 heavy (non-hydrogen) atoms. The van der Waals surface area contributed by atoms with Crippen molar-refractivity contribution >= 4 is 52.7 Å². The summed E-state index contributed by atoms with van der Waals surface area (Å²) in [7, 11) is -1.31. The van der Waals surface area contributed by atoms with E-state index in [4.69, 9.17) is 14.2 Å². The van der Waals surface area contributed by atoms with E-state index in [-0.39, 0.29) is 41.3 Å². The third kappa shape index (κ3) is 6.51. The number of hydrogen-bond acceptors (Lipinski definition) is 8. The van der Waals surface area contributed by atoms with Crippen molar-refractivity contribution in [3.05, 3.63) is 68.0 Å². The summed E-state index contributed by atoms with van der Waals surface area (Å²) in [4.78, 5) is 53.9. The van der Waals surface area contributed by atoms with Gasteiger partial charge in [0.25, 0.3) is 17.4 Å². The highest BCUT2D eigenvalue weighted by Crippen LogP contribution is 2.32. The second kappa shape index (κ2) is 11.3. The summed E-state index contributed by atoms with van der Waals surface area (Å²) in [6.45, 7) is 11.8. The van der Waals surface area contributed by atoms with Crippen molar-refractivity contribution in [2.75, 3.05) is 13.4 Å². The Kier molecular flexibility index (Phi) is 8.34. The summed E-state index contributed by atoms with van der Waals surface area (Å²) in [5.74, 6) is -0.827. The topological polar surface area (TPSA) is 117 Å². The molecular weight excluding hydrogens is 598 g/mol. The van der Waals surface area contributed by atoms with Crippen LogP contribution < -0.4 is 10.3 Å². The fourth-order valence-electron chi connectivity index (χ4n) is 4.09. The van der Waals surface area contributed by atoms with Gasteiger partial charge in [-0.25, -0.2) is 4.79 Å². The zero-order valence-electron chi connectivity index (χ0n) is 23.4. The molecule has 10 nitrogen and oxygen atoms in total. The lowest BCUT2D eigenvalue weighted by atomic mass is 10.1. The normalized spacial score (nSPS) is 13.6. The Morgan fingerprint density at radius 1 is 1.02 bits per heavy atom. The van der Waals surface area contributed by atoms with Crippen LogP contribution in [0.4, 0.5) is 4.79 Å². The first-order valence-corrected chi connectivity index (χ1v) is 17.3. The molecule has 2 amide bonds. The van der Waals surface area contributed by atoms with E-state index in [9.17, 15) is 19.2 Å². The summed E-state index contributed by atoms with van der Waals surface area (Å²) in [6, 6.07) is 10.7. The van der Waals surface area contributed by atoms with Crippen molar-refractivity contribution < 1.29 is 28.6 Å². The van der Waals surface area contributed by atoms with Crippen LogP contribution in [-0.4, -0.2) is 59.7 Å². The molecule has 0 radical (unpaired) electrons. The molecule has 2 heterocycles. The fourth-order valence-corrected chi connectivity index (χ4v) is 5.28. The molecule has 1 aliphatic heterocycles. The van der Waals surface area contributed by atoms with Gasteiger partial charge in [0, 0.05) is 24.5 Å². The van der Waals surface area contributed by atoms with Crippen molar-refractivity contribution in [3.8, 4) is 5.75 Å². The van der Waals surface area contributed by atoms with Crippen molar-refractivity contribution in [1.82, 2.24) is 14.7 Å². The minimum Gasteiger partial charge on any atom is -0.467 e. The van der Waals surface area contributed by atoms with Crippen molar-refractivity contribution in [2.24, 2.45) is 0 Å². The number of halogens is 1. The number of nitrogens with zero attached hydrogens (tertiary/aromatic N) is 3. The molecule has 0 spiro atoms. The fraction of sp³-hybridized carbons (Fsp3) is 0.393. The standard InChI is InChI=1S/C28H32BrN3O7Si/c1-28(2,3)39-27(36)32-26(35)23-20(13-17(29)14-22(23)38-16-37-11-12-40(4,5)6)21(30-32)15-31-24(33)18-9-7-8-10-19(18)25(31)34/h7-10,13-14H,11-12,15-16H2,1-6H3. The number of aromatic nitrogens is 2. The van der Waals surface area contributed by atoms with E-state index in [2.05, 4.69) is 40.7 Å². The molecular formula is C28H32BrN3O7Si. The summed E-state index contributed by atoms with van der Waals surface area (Å²) < 4.78 is 18.1. The molecule has 12 heteroatoms. The third-order valence-corrected chi connectivity index (χ3v) is 8.21. The lowest BCUT2D eigenvalue weighted by molar-refractivity contribution is 0.0229. The van der Waals surface area contributed by atoms with Gasteiger partial charge in [-0.1, -0.05) is 47.7 Å². The molecule has 0 aliphatic carbocycles. The van der Waals surface area contributed by atoms with Gasteiger partial charge in [-0.2, -0.15) is 5.10 Å². The maximum atomic E-state index is 13.6. The molecule has 1 aromatic heterocycles. The van der Waals surface area contributed by atoms with Crippen molar-refractivity contribution in [3.63, 3.8) is 0 Å². The molecule has 4 rings (SSSR count). The molecule has 0 atom stereocenters. The number of rotatable bonds is 8. The van der Waals surface area contributed by atoms with E-state index in [1.165, 1.54) is 0 Å². The van der Waals surface area contributed by atoms with Crippen molar-refractivity contribution in [2.45, 2.75) is 58.6 Å². The van der Waals surface area contributed by atoms with Gasteiger partial charge in [-0.05, 0) is 51.1 Å². The van der Waals surface area contributed by atoms with Crippen LogP contribution in [0, 0.1) is 0 Å². The second-order valence-corrected chi connectivity index (χ2v) is 18.2. The average molecular weight is 631 g/mol. The highest BCUT2D eigenvalue weighted by molar-refractivity contribution is 9.10. The van der Waals surface area contributed by atoms with E-state index in [1.54, 1.807) is 57.2 Å². The molecule has 2 aromatic carbocycles. The lowest BCUT2D eigenvalue weighted by Gasteiger charge is -2.21. The van der Waals surface area contributed by atoms with Gasteiger partial charge in [-0.3, -0.25) is 19.3 Å². The van der Waals surface area contributed by atoms with E-state index >= 15 is 0 Å². The van der Waals surface area contributed by atoms with Gasteiger partial charge in [-0.15, -0.1) is 4.68 Å². The van der Waals surface area contributed by atoms with E-state index in [1.807, 2.05) is 0 Å². The Morgan fingerprint density at radius 3 is 2.23 bits per heavy atom. The van der Waals surface area contributed by atoms with Crippen LogP contribution in [0.25, 0.3) is 10.8 Å². The first kappa shape index (κ1) is 29.6. The summed E-state index contributed by atoms with van der Waals surface area (Å²) in [6.07, 6.45) is -0.997. The first-order valence-electron chi connectivity index (χ1n) is 12.8. The number of ether oxygens (including phenoxy) is 3. The monoisotopic (exact) mass is 629 g/mol. The maximum Gasteiger partial charge on any atom is 0.438 e. The summed E-state index contributed by atoms with van der Waals surface area (Å²) in [5.41, 5.74) is -0.976. The Balaban J connectivity index is 1.78. The van der Waals surface area contributed by atoms with Gasteiger partial charge in [0.2, 0.25) is 0 Å². The van der Waals surface area contributed by atoms with Crippen LogP contribution >= 0.6 is 15.9 Å².